The van der Waals surface area contributed by atoms with Crippen molar-refractivity contribution in [2.24, 2.45) is 5.11 Å². The van der Waals surface area contributed by atoms with E-state index in [1.807, 2.05) is 0 Å². The van der Waals surface area contributed by atoms with Crippen LogP contribution in [-0.2, 0) is 48.7 Å². The average Bonchev–Trinajstić information content (AvgIpc) is 3.53. The number of benzene rings is 2. The molecule has 2 aliphatic rings. The van der Waals surface area contributed by atoms with Crippen LogP contribution >= 0.6 is 0 Å². The fraction of sp³-hybridized carbons (Fsp3) is 0.595. The normalized spacial score (nSPS) is 16.3. The number of methoxy groups -OCH3 is 1. The van der Waals surface area contributed by atoms with Gasteiger partial charge in [-0.05, 0) is 37.1 Å². The highest BCUT2D eigenvalue weighted by Crippen LogP contribution is 2.47. The van der Waals surface area contributed by atoms with Crippen molar-refractivity contribution < 1.29 is 42.5 Å². The number of anilines is 1. The van der Waals surface area contributed by atoms with Crippen LogP contribution in [0.5, 0.6) is 0 Å². The highest BCUT2D eigenvalue weighted by Gasteiger charge is 2.44. The summed E-state index contributed by atoms with van der Waals surface area (Å²) in [7, 11) is 1.66. The molecular weight excluding hydrogens is 702 g/mol. The molecule has 13 heteroatoms. The van der Waals surface area contributed by atoms with Crippen LogP contribution in [0.3, 0.4) is 0 Å². The van der Waals surface area contributed by atoms with Crippen LogP contribution in [0, 0.1) is 0 Å². The summed E-state index contributed by atoms with van der Waals surface area (Å²) < 4.78 is 47.1. The number of para-hydroxylation sites is 2. The van der Waals surface area contributed by atoms with E-state index in [0.717, 1.165) is 13.1 Å². The van der Waals surface area contributed by atoms with Crippen molar-refractivity contribution in [3.05, 3.63) is 94.0 Å². The van der Waals surface area contributed by atoms with Crippen LogP contribution in [0.25, 0.3) is 10.4 Å². The molecule has 0 unspecified atom stereocenters. The van der Waals surface area contributed by atoms with Crippen LogP contribution in [0.4, 0.5) is 11.4 Å². The Morgan fingerprint density at radius 1 is 0.655 bits per heavy atom. The Kier molecular flexibility index (Phi) is 19.3. The summed E-state index contributed by atoms with van der Waals surface area (Å²) in [6.45, 7) is 18.7. The van der Waals surface area contributed by atoms with Gasteiger partial charge in [-0.3, -0.25) is 0 Å². The molecule has 0 aromatic heterocycles. The van der Waals surface area contributed by atoms with E-state index in [0.29, 0.717) is 106 Å². The van der Waals surface area contributed by atoms with Gasteiger partial charge in [0.2, 0.25) is 5.69 Å². The van der Waals surface area contributed by atoms with Gasteiger partial charge >= 0.3 is 0 Å². The lowest BCUT2D eigenvalue weighted by Gasteiger charge is -2.27. The SMILES string of the molecule is COCCOCCOCCOCC[N+]1=C(/C=C/C=C2/N(CCOCCOCCOCCOCCN=[N+]=[N-])c3ccccc3C2(C)C)C(C)(C)c2ccccc21. The number of hydrogen-bond donors (Lipinski definition) is 0. The second-order valence-electron chi connectivity index (χ2n) is 14.1. The summed E-state index contributed by atoms with van der Waals surface area (Å²) in [5, 5.41) is 3.43. The second kappa shape index (κ2) is 24.1. The maximum atomic E-state index is 8.27. The van der Waals surface area contributed by atoms with Crippen molar-refractivity contribution in [3.8, 4) is 0 Å². The monoisotopic (exact) mass is 764 g/mol. The van der Waals surface area contributed by atoms with Crippen LogP contribution in [0.2, 0.25) is 0 Å². The van der Waals surface area contributed by atoms with Gasteiger partial charge in [0.1, 0.15) is 6.61 Å². The average molecular weight is 765 g/mol. The molecule has 4 rings (SSSR count). The summed E-state index contributed by atoms with van der Waals surface area (Å²) in [6, 6.07) is 17.3. The number of hydrogen-bond acceptors (Lipinski definition) is 10. The molecule has 0 N–H and O–H groups in total. The molecule has 0 amide bonds. The zero-order valence-corrected chi connectivity index (χ0v) is 33.6. The predicted octanol–water partition coefficient (Wildman–Crippen LogP) is 6.37. The topological polar surface area (TPSA) is 129 Å². The molecule has 2 heterocycles. The highest BCUT2D eigenvalue weighted by atomic mass is 16.6. The predicted molar refractivity (Wildman–Crippen MR) is 215 cm³/mol. The minimum atomic E-state index is -0.176. The smallest absolute Gasteiger partial charge is 0.209 e. The van der Waals surface area contributed by atoms with Gasteiger partial charge in [0.05, 0.1) is 97.9 Å². The Balaban J connectivity index is 1.31. The van der Waals surface area contributed by atoms with E-state index in [-0.39, 0.29) is 10.8 Å². The van der Waals surface area contributed by atoms with Crippen molar-refractivity contribution in [1.82, 2.24) is 0 Å². The molecule has 0 radical (unpaired) electrons. The minimum Gasteiger partial charge on any atom is -0.382 e. The van der Waals surface area contributed by atoms with Gasteiger partial charge in [0.25, 0.3) is 0 Å². The van der Waals surface area contributed by atoms with E-state index >= 15 is 0 Å². The molecule has 13 nitrogen and oxygen atoms in total. The van der Waals surface area contributed by atoms with Crippen LogP contribution in [0.1, 0.15) is 38.8 Å². The molecule has 0 saturated heterocycles. The van der Waals surface area contributed by atoms with Crippen molar-refractivity contribution >= 4 is 17.1 Å². The zero-order valence-electron chi connectivity index (χ0n) is 33.6. The van der Waals surface area contributed by atoms with Gasteiger partial charge < -0.3 is 42.8 Å². The quantitative estimate of drug-likeness (QED) is 0.0305. The lowest BCUT2D eigenvalue weighted by atomic mass is 9.81. The van der Waals surface area contributed by atoms with Gasteiger partial charge in [-0.15, -0.1) is 0 Å². The van der Waals surface area contributed by atoms with E-state index in [2.05, 4.69) is 114 Å². The fourth-order valence-electron chi connectivity index (χ4n) is 6.90. The third kappa shape index (κ3) is 13.2. The van der Waals surface area contributed by atoms with Crippen molar-refractivity contribution in [2.45, 2.75) is 38.5 Å². The third-order valence-corrected chi connectivity index (χ3v) is 9.72. The zero-order chi connectivity index (χ0) is 39.2. The molecule has 0 spiro atoms. The standard InChI is InChI=1S/C42H62N5O8/c1-41(2)35-11-6-8-13-37(35)46(18-21-50-26-29-54-32-31-52-24-23-48-5)39(41)15-10-16-40-42(3,4)36-12-7-9-14-38(36)47(40)19-22-51-27-30-55-34-33-53-28-25-49-20-17-44-45-43/h6-16H,17-34H2,1-5H3/q+1. The first-order valence-corrected chi connectivity index (χ1v) is 19.4. The number of rotatable bonds is 29. The van der Waals surface area contributed by atoms with Crippen LogP contribution in [-0.4, -0.2) is 136 Å². The molecule has 2 aliphatic heterocycles. The summed E-state index contributed by atoms with van der Waals surface area (Å²) in [4.78, 5) is 5.08. The minimum absolute atomic E-state index is 0.170. The lowest BCUT2D eigenvalue weighted by molar-refractivity contribution is -0.442. The Morgan fingerprint density at radius 3 is 1.80 bits per heavy atom. The molecule has 0 atom stereocenters. The van der Waals surface area contributed by atoms with Crippen LogP contribution in [0.15, 0.2) is 77.6 Å². The van der Waals surface area contributed by atoms with E-state index in [1.54, 1.807) is 7.11 Å². The molecule has 2 aromatic rings. The first kappa shape index (κ1) is 44.1. The molecule has 0 fully saturated rings. The summed E-state index contributed by atoms with van der Waals surface area (Å²) in [6.07, 6.45) is 6.75. The Bertz CT molecular complexity index is 1590. The molecule has 0 saturated carbocycles. The van der Waals surface area contributed by atoms with Gasteiger partial charge in [-0.2, -0.15) is 4.58 Å². The second-order valence-corrected chi connectivity index (χ2v) is 14.1. The Labute approximate surface area is 327 Å². The summed E-state index contributed by atoms with van der Waals surface area (Å²) in [5.74, 6) is 0. The molecule has 2 aromatic carbocycles. The van der Waals surface area contributed by atoms with Crippen LogP contribution < -0.4 is 4.90 Å². The Hall–Kier alpha value is -3.62. The Morgan fingerprint density at radius 2 is 1.18 bits per heavy atom. The summed E-state index contributed by atoms with van der Waals surface area (Å²) in [5.41, 5.74) is 15.5. The van der Waals surface area contributed by atoms with Crippen molar-refractivity contribution in [3.63, 3.8) is 0 Å². The maximum Gasteiger partial charge on any atom is 0.209 e. The third-order valence-electron chi connectivity index (χ3n) is 9.72. The van der Waals surface area contributed by atoms with Crippen molar-refractivity contribution in [1.29, 1.82) is 0 Å². The molecular formula is C42H62N5O8+. The van der Waals surface area contributed by atoms with Gasteiger partial charge in [0.15, 0.2) is 12.3 Å². The van der Waals surface area contributed by atoms with E-state index in [9.17, 15) is 0 Å². The van der Waals surface area contributed by atoms with E-state index in [4.69, 9.17) is 43.4 Å². The number of nitrogens with zero attached hydrogens (tertiary/aromatic N) is 5. The van der Waals surface area contributed by atoms with E-state index < -0.39 is 0 Å². The lowest BCUT2D eigenvalue weighted by Crippen LogP contribution is -2.30. The molecule has 55 heavy (non-hydrogen) atoms. The summed E-state index contributed by atoms with van der Waals surface area (Å²) >= 11 is 0. The first-order valence-electron chi connectivity index (χ1n) is 19.4. The maximum absolute atomic E-state index is 8.27. The number of allylic oxidation sites excluding steroid dienone is 4. The van der Waals surface area contributed by atoms with Gasteiger partial charge in [-0.25, -0.2) is 0 Å². The molecule has 0 bridgehead atoms. The van der Waals surface area contributed by atoms with Gasteiger partial charge in [0, 0.05) is 59.6 Å². The number of ether oxygens (including phenoxy) is 8. The molecule has 302 valence electrons. The fourth-order valence-corrected chi connectivity index (χ4v) is 6.90. The number of azide groups is 1. The highest BCUT2D eigenvalue weighted by molar-refractivity contribution is 6.03. The van der Waals surface area contributed by atoms with Crippen molar-refractivity contribution in [2.75, 3.05) is 131 Å². The van der Waals surface area contributed by atoms with E-state index in [1.165, 1.54) is 33.9 Å². The van der Waals surface area contributed by atoms with Gasteiger partial charge in [-0.1, -0.05) is 61.4 Å². The molecule has 0 aliphatic carbocycles. The first-order chi connectivity index (χ1) is 26.8. The largest absolute Gasteiger partial charge is 0.382 e. The number of fused-ring (bicyclic) bond motifs is 2.